The third-order valence-corrected chi connectivity index (χ3v) is 6.21. The van der Waals surface area contributed by atoms with Gasteiger partial charge in [0.15, 0.2) is 6.10 Å². The Morgan fingerprint density at radius 2 is 2.22 bits per heavy atom. The molecule has 1 saturated heterocycles. The molecule has 0 saturated carbocycles. The number of nitrogens with one attached hydrogen (secondary N) is 2. The summed E-state index contributed by atoms with van der Waals surface area (Å²) in [6.45, 7) is 5.71. The molecule has 4 rings (SSSR count). The van der Waals surface area contributed by atoms with Gasteiger partial charge in [-0.05, 0) is 51.3 Å². The molecule has 4 heterocycles. The number of pyridine rings is 1. The number of carbonyl (C=O) groups excluding carboxylic acids is 1. The van der Waals surface area contributed by atoms with E-state index in [4.69, 9.17) is 9.72 Å². The Kier molecular flexibility index (Phi) is 7.02. The van der Waals surface area contributed by atoms with Crippen LogP contribution in [0.15, 0.2) is 30.6 Å². The van der Waals surface area contributed by atoms with Gasteiger partial charge in [0.2, 0.25) is 0 Å². The second-order valence-electron chi connectivity index (χ2n) is 7.54. The minimum absolute atomic E-state index is 0.283. The van der Waals surface area contributed by atoms with Gasteiger partial charge >= 0.3 is 6.09 Å². The molecule has 0 aliphatic carbocycles. The van der Waals surface area contributed by atoms with Gasteiger partial charge in [-0.2, -0.15) is 5.10 Å². The lowest BCUT2D eigenvalue weighted by molar-refractivity contribution is 0.130. The number of aromatic amines is 1. The van der Waals surface area contributed by atoms with Crippen LogP contribution in [0.1, 0.15) is 38.8 Å². The van der Waals surface area contributed by atoms with Crippen LogP contribution < -0.4 is 10.2 Å². The highest BCUT2D eigenvalue weighted by Crippen LogP contribution is 2.40. The molecule has 32 heavy (non-hydrogen) atoms. The molecular weight excluding hydrogens is 424 g/mol. The summed E-state index contributed by atoms with van der Waals surface area (Å²) in [7, 11) is 0. The molecule has 1 unspecified atom stereocenters. The number of H-pyrrole nitrogens is 1. The molecule has 1 fully saturated rings. The average Bonchev–Trinajstić information content (AvgIpc) is 3.46. The number of hydrogen-bond acceptors (Lipinski definition) is 7. The van der Waals surface area contributed by atoms with E-state index in [1.54, 1.807) is 31.4 Å². The minimum atomic E-state index is -0.512. The van der Waals surface area contributed by atoms with E-state index in [2.05, 4.69) is 37.2 Å². The third kappa shape index (κ3) is 5.26. The van der Waals surface area contributed by atoms with E-state index in [1.807, 2.05) is 24.4 Å². The predicted molar refractivity (Wildman–Crippen MR) is 125 cm³/mol. The predicted octanol–water partition coefficient (Wildman–Crippen LogP) is 4.22. The Bertz CT molecular complexity index is 1110. The first-order chi connectivity index (χ1) is 15.6. The van der Waals surface area contributed by atoms with Crippen LogP contribution in [0.4, 0.5) is 10.6 Å². The highest BCUT2D eigenvalue weighted by Gasteiger charge is 2.23. The monoisotopic (exact) mass is 450 g/mol. The van der Waals surface area contributed by atoms with E-state index in [9.17, 15) is 4.79 Å². The van der Waals surface area contributed by atoms with E-state index >= 15 is 0 Å². The number of anilines is 1. The summed E-state index contributed by atoms with van der Waals surface area (Å²) >= 11 is 1.61. The topological polar surface area (TPSA) is 96.0 Å². The van der Waals surface area contributed by atoms with Crippen LogP contribution in [0.3, 0.4) is 0 Å². The molecule has 1 atom stereocenters. The number of thiazole rings is 1. The number of piperidine rings is 1. The fraction of sp³-hybridized carbons (Fsp3) is 0.391. The summed E-state index contributed by atoms with van der Waals surface area (Å²) < 4.78 is 5.18. The van der Waals surface area contributed by atoms with Crippen LogP contribution in [-0.2, 0) is 11.3 Å². The summed E-state index contributed by atoms with van der Waals surface area (Å²) in [6, 6.07) is 5.88. The molecule has 0 radical (unpaired) electrons. The van der Waals surface area contributed by atoms with Crippen molar-refractivity contribution in [3.8, 4) is 33.0 Å². The Morgan fingerprint density at radius 1 is 1.38 bits per heavy atom. The van der Waals surface area contributed by atoms with Gasteiger partial charge in [0.1, 0.15) is 16.5 Å². The minimum Gasteiger partial charge on any atom is -0.433 e. The lowest BCUT2D eigenvalue weighted by Gasteiger charge is -2.27. The largest absolute Gasteiger partial charge is 0.433 e. The summed E-state index contributed by atoms with van der Waals surface area (Å²) in [5, 5.41) is 11.2. The zero-order valence-corrected chi connectivity index (χ0v) is 19.0. The lowest BCUT2D eigenvalue weighted by Crippen LogP contribution is -2.30. The van der Waals surface area contributed by atoms with Crippen molar-refractivity contribution >= 4 is 23.2 Å². The number of aromatic nitrogens is 4. The molecule has 2 N–H and O–H groups in total. The van der Waals surface area contributed by atoms with Gasteiger partial charge in [-0.25, -0.2) is 9.78 Å². The van der Waals surface area contributed by atoms with Crippen molar-refractivity contribution in [3.05, 3.63) is 36.3 Å². The Labute approximate surface area is 191 Å². The fourth-order valence-electron chi connectivity index (χ4n) is 3.58. The van der Waals surface area contributed by atoms with Crippen molar-refractivity contribution < 1.29 is 9.53 Å². The number of rotatable bonds is 6. The van der Waals surface area contributed by atoms with Crippen molar-refractivity contribution in [1.29, 1.82) is 0 Å². The zero-order valence-electron chi connectivity index (χ0n) is 18.2. The van der Waals surface area contributed by atoms with Crippen LogP contribution >= 0.6 is 11.3 Å². The van der Waals surface area contributed by atoms with Crippen molar-refractivity contribution in [2.75, 3.05) is 18.0 Å². The lowest BCUT2D eigenvalue weighted by atomic mass is 10.1. The molecule has 0 aromatic carbocycles. The Hall–Kier alpha value is -3.38. The summed E-state index contributed by atoms with van der Waals surface area (Å²) in [5.74, 6) is 6.48. The van der Waals surface area contributed by atoms with Crippen molar-refractivity contribution in [2.45, 2.75) is 45.8 Å². The van der Waals surface area contributed by atoms with Crippen LogP contribution in [0.2, 0.25) is 0 Å². The maximum atomic E-state index is 11.9. The van der Waals surface area contributed by atoms with Crippen molar-refractivity contribution in [3.63, 3.8) is 0 Å². The van der Waals surface area contributed by atoms with Crippen LogP contribution in [-0.4, -0.2) is 45.5 Å². The van der Waals surface area contributed by atoms with Gasteiger partial charge in [-0.15, -0.1) is 17.3 Å². The molecular formula is C23H26N6O2S. The second-order valence-corrected chi connectivity index (χ2v) is 8.53. The summed E-state index contributed by atoms with van der Waals surface area (Å²) in [6.07, 6.45) is 6.21. The highest BCUT2D eigenvalue weighted by molar-refractivity contribution is 7.19. The molecule has 1 amide bonds. The SMILES string of the molecule is CC#CC(C)OC(=O)NCc1cc(-c2sc(-c3cccnc3)nc2N2CCCCC2)n[nH]1. The maximum absolute atomic E-state index is 11.9. The third-order valence-electron chi connectivity index (χ3n) is 5.09. The van der Waals surface area contributed by atoms with E-state index in [0.717, 1.165) is 58.6 Å². The zero-order chi connectivity index (χ0) is 22.3. The van der Waals surface area contributed by atoms with Crippen molar-refractivity contribution in [1.82, 2.24) is 25.5 Å². The van der Waals surface area contributed by atoms with Gasteiger partial charge in [0.25, 0.3) is 0 Å². The Morgan fingerprint density at radius 3 is 2.97 bits per heavy atom. The first-order valence-corrected chi connectivity index (χ1v) is 11.5. The van der Waals surface area contributed by atoms with E-state index < -0.39 is 12.2 Å². The first kappa shape index (κ1) is 21.8. The molecule has 1 aliphatic rings. The maximum Gasteiger partial charge on any atom is 0.408 e. The normalized spacial score (nSPS) is 14.4. The van der Waals surface area contributed by atoms with Gasteiger partial charge in [-0.3, -0.25) is 10.1 Å². The van der Waals surface area contributed by atoms with Crippen molar-refractivity contribution in [2.24, 2.45) is 0 Å². The standard InChI is InChI=1S/C23H26N6O2S/c1-3-8-16(2)31-23(30)25-15-18-13-19(28-27-18)20-21(29-11-5-4-6-12-29)26-22(32-20)17-9-7-10-24-14-17/h7,9-10,13-14,16H,4-6,11-12,15H2,1-2H3,(H,25,30)(H,27,28). The fourth-order valence-corrected chi connectivity index (χ4v) is 4.62. The van der Waals surface area contributed by atoms with Crippen LogP contribution in [0.5, 0.6) is 0 Å². The van der Waals surface area contributed by atoms with Gasteiger partial charge < -0.3 is 15.0 Å². The highest BCUT2D eigenvalue weighted by atomic mass is 32.1. The Balaban J connectivity index is 1.53. The second kappa shape index (κ2) is 10.3. The van der Waals surface area contributed by atoms with Gasteiger partial charge in [0.05, 0.1) is 17.1 Å². The van der Waals surface area contributed by atoms with E-state index in [1.165, 1.54) is 6.42 Å². The molecule has 1 aliphatic heterocycles. The number of alkyl carbamates (subject to hydrolysis) is 1. The number of amides is 1. The molecule has 0 spiro atoms. The average molecular weight is 451 g/mol. The molecule has 3 aromatic rings. The quantitative estimate of drug-likeness (QED) is 0.546. The van der Waals surface area contributed by atoms with Crippen LogP contribution in [0, 0.1) is 11.8 Å². The molecule has 8 nitrogen and oxygen atoms in total. The number of hydrogen-bond donors (Lipinski definition) is 2. The smallest absolute Gasteiger partial charge is 0.408 e. The van der Waals surface area contributed by atoms with Gasteiger partial charge in [-0.1, -0.05) is 5.92 Å². The molecule has 166 valence electrons. The number of nitrogens with zero attached hydrogens (tertiary/aromatic N) is 4. The number of ether oxygens (including phenoxy) is 1. The van der Waals surface area contributed by atoms with E-state index in [0.29, 0.717) is 0 Å². The number of carbonyl (C=O) groups is 1. The first-order valence-electron chi connectivity index (χ1n) is 10.7. The van der Waals surface area contributed by atoms with Crippen LogP contribution in [0.25, 0.3) is 21.1 Å². The summed E-state index contributed by atoms with van der Waals surface area (Å²) in [5.41, 5.74) is 2.59. The summed E-state index contributed by atoms with van der Waals surface area (Å²) in [4.78, 5) is 24.5. The molecule has 9 heteroatoms. The molecule has 3 aromatic heterocycles. The van der Waals surface area contributed by atoms with Gasteiger partial charge in [0, 0.05) is 31.0 Å². The van der Waals surface area contributed by atoms with E-state index in [-0.39, 0.29) is 6.54 Å². The molecule has 0 bridgehead atoms.